The minimum absolute atomic E-state index is 0.632. The number of methoxy groups -OCH3 is 1. The van der Waals surface area contributed by atoms with Crippen LogP contribution in [0.25, 0.3) is 0 Å². The summed E-state index contributed by atoms with van der Waals surface area (Å²) in [7, 11) is 6.03. The van der Waals surface area contributed by atoms with Crippen molar-refractivity contribution in [2.24, 2.45) is 0 Å². The predicted octanol–water partition coefficient (Wildman–Crippen LogP) is 2.35. The molecule has 0 spiro atoms. The van der Waals surface area contributed by atoms with Crippen molar-refractivity contribution in [3.8, 4) is 0 Å². The van der Waals surface area contributed by atoms with Crippen LogP contribution in [-0.4, -0.2) is 43.2 Å². The molecule has 2 unspecified atom stereocenters. The van der Waals surface area contributed by atoms with E-state index < -0.39 is 0 Å². The Morgan fingerprint density at radius 2 is 2.05 bits per heavy atom. The second-order valence-electron chi connectivity index (χ2n) is 6.10. The van der Waals surface area contributed by atoms with Crippen LogP contribution in [0.15, 0.2) is 0 Å². The molecule has 2 saturated heterocycles. The zero-order valence-corrected chi connectivity index (χ0v) is 13.5. The van der Waals surface area contributed by atoms with Crippen molar-refractivity contribution in [3.05, 3.63) is 15.6 Å². The molecule has 5 heteroatoms. The van der Waals surface area contributed by atoms with Gasteiger partial charge in [-0.05, 0) is 39.8 Å². The summed E-state index contributed by atoms with van der Waals surface area (Å²) in [6.45, 7) is 1.53. The van der Waals surface area contributed by atoms with E-state index in [2.05, 4.69) is 17.3 Å². The molecule has 2 aliphatic heterocycles. The summed E-state index contributed by atoms with van der Waals surface area (Å²) in [6.07, 6.45) is 5.31. The van der Waals surface area contributed by atoms with Crippen LogP contribution in [-0.2, 0) is 17.9 Å². The highest BCUT2D eigenvalue weighted by Gasteiger charge is 2.39. The van der Waals surface area contributed by atoms with E-state index in [4.69, 9.17) is 9.72 Å². The Morgan fingerprint density at radius 1 is 1.35 bits per heavy atom. The summed E-state index contributed by atoms with van der Waals surface area (Å²) in [5.74, 6) is 0.662. The summed E-state index contributed by atoms with van der Waals surface area (Å²) in [5.41, 5.74) is 1.13. The summed E-state index contributed by atoms with van der Waals surface area (Å²) < 4.78 is 5.30. The molecule has 112 valence electrons. The molecule has 2 bridgehead atoms. The van der Waals surface area contributed by atoms with E-state index in [-0.39, 0.29) is 0 Å². The number of rotatable bonds is 5. The van der Waals surface area contributed by atoms with Crippen LogP contribution in [0.2, 0.25) is 0 Å². The molecule has 3 rings (SSSR count). The summed E-state index contributed by atoms with van der Waals surface area (Å²) in [6, 6.07) is 1.56. The minimum Gasteiger partial charge on any atom is -0.378 e. The van der Waals surface area contributed by atoms with Gasteiger partial charge in [0.1, 0.15) is 0 Å². The molecule has 1 aromatic rings. The third-order valence-electron chi connectivity index (χ3n) is 4.86. The van der Waals surface area contributed by atoms with Crippen LogP contribution in [0.4, 0.5) is 0 Å². The smallest absolute Gasteiger partial charge is 0.0964 e. The molecule has 3 heterocycles. The van der Waals surface area contributed by atoms with Crippen molar-refractivity contribution in [3.63, 3.8) is 0 Å². The molecule has 4 nitrogen and oxygen atoms in total. The molecular weight excluding hydrogens is 270 g/mol. The maximum atomic E-state index is 5.30. The molecule has 2 fully saturated rings. The maximum absolute atomic E-state index is 5.30. The van der Waals surface area contributed by atoms with E-state index in [9.17, 15) is 0 Å². The number of nitrogens with zero attached hydrogens (tertiary/aromatic N) is 2. The molecule has 1 N–H and O–H groups in total. The number of thiazole rings is 1. The summed E-state index contributed by atoms with van der Waals surface area (Å²) >= 11 is 1.89. The van der Waals surface area contributed by atoms with Crippen LogP contribution in [0.5, 0.6) is 0 Å². The van der Waals surface area contributed by atoms with Gasteiger partial charge in [0.05, 0.1) is 17.3 Å². The maximum Gasteiger partial charge on any atom is 0.0964 e. The Morgan fingerprint density at radius 3 is 2.65 bits per heavy atom. The fraction of sp³-hybridized carbons (Fsp3) is 0.800. The van der Waals surface area contributed by atoms with Gasteiger partial charge in [0.15, 0.2) is 0 Å². The molecule has 0 aliphatic carbocycles. The third-order valence-corrected chi connectivity index (χ3v) is 6.12. The van der Waals surface area contributed by atoms with Gasteiger partial charge >= 0.3 is 0 Å². The second kappa shape index (κ2) is 6.10. The van der Waals surface area contributed by atoms with Gasteiger partial charge in [-0.1, -0.05) is 0 Å². The molecule has 0 radical (unpaired) electrons. The van der Waals surface area contributed by atoms with E-state index in [0.29, 0.717) is 12.5 Å². The first kappa shape index (κ1) is 14.4. The van der Waals surface area contributed by atoms with E-state index >= 15 is 0 Å². The van der Waals surface area contributed by atoms with Crippen molar-refractivity contribution in [1.82, 2.24) is 15.2 Å². The molecular formula is C15H25N3OS. The standard InChI is InChI=1S/C15H25N3OS/c1-16-8-14-13(9-19-3)17-15(20-14)10-6-11-4-5-12(7-10)18(11)2/h10-12,16H,4-9H2,1-3H3. The highest BCUT2D eigenvalue weighted by molar-refractivity contribution is 7.11. The highest BCUT2D eigenvalue weighted by Crippen LogP contribution is 2.43. The van der Waals surface area contributed by atoms with E-state index in [1.165, 1.54) is 35.6 Å². The zero-order valence-electron chi connectivity index (χ0n) is 12.7. The van der Waals surface area contributed by atoms with Gasteiger partial charge in [0.2, 0.25) is 0 Å². The Labute approximate surface area is 125 Å². The molecule has 2 atom stereocenters. The van der Waals surface area contributed by atoms with Crippen molar-refractivity contribution in [2.75, 3.05) is 21.2 Å². The Hall–Kier alpha value is -0.490. The second-order valence-corrected chi connectivity index (χ2v) is 7.22. The first-order chi connectivity index (χ1) is 9.72. The first-order valence-electron chi connectivity index (χ1n) is 7.56. The minimum atomic E-state index is 0.632. The van der Waals surface area contributed by atoms with Crippen LogP contribution >= 0.6 is 11.3 Å². The van der Waals surface area contributed by atoms with E-state index in [1.807, 2.05) is 18.4 Å². The van der Waals surface area contributed by atoms with Crippen LogP contribution in [0, 0.1) is 0 Å². The Balaban J connectivity index is 1.78. The number of piperidine rings is 1. The van der Waals surface area contributed by atoms with Gasteiger partial charge in [-0.2, -0.15) is 0 Å². The lowest BCUT2D eigenvalue weighted by Gasteiger charge is -2.35. The average Bonchev–Trinajstić information content (AvgIpc) is 2.89. The summed E-state index contributed by atoms with van der Waals surface area (Å²) in [4.78, 5) is 8.83. The summed E-state index contributed by atoms with van der Waals surface area (Å²) in [5, 5.41) is 4.58. The van der Waals surface area contributed by atoms with Crippen molar-refractivity contribution in [2.45, 2.75) is 56.8 Å². The fourth-order valence-corrected chi connectivity index (χ4v) is 4.95. The molecule has 0 amide bonds. The van der Waals surface area contributed by atoms with Crippen molar-refractivity contribution >= 4 is 11.3 Å². The Kier molecular flexibility index (Phi) is 4.40. The van der Waals surface area contributed by atoms with Gasteiger partial charge in [-0.25, -0.2) is 4.98 Å². The molecule has 2 aliphatic rings. The SMILES string of the molecule is CNCc1sc(C2CC3CCC(C2)N3C)nc1COC. The number of aromatic nitrogens is 1. The number of hydrogen-bond donors (Lipinski definition) is 1. The normalized spacial score (nSPS) is 30.1. The largest absolute Gasteiger partial charge is 0.378 e. The lowest BCUT2D eigenvalue weighted by Crippen LogP contribution is -2.39. The van der Waals surface area contributed by atoms with Crippen LogP contribution in [0.3, 0.4) is 0 Å². The third kappa shape index (κ3) is 2.64. The van der Waals surface area contributed by atoms with Gasteiger partial charge < -0.3 is 15.0 Å². The number of hydrogen-bond acceptors (Lipinski definition) is 5. The quantitative estimate of drug-likeness (QED) is 0.905. The van der Waals surface area contributed by atoms with Gasteiger partial charge in [0.25, 0.3) is 0 Å². The average molecular weight is 295 g/mol. The van der Waals surface area contributed by atoms with Crippen molar-refractivity contribution in [1.29, 1.82) is 0 Å². The van der Waals surface area contributed by atoms with Gasteiger partial charge in [-0.15, -0.1) is 11.3 Å². The molecule has 0 aromatic carbocycles. The lowest BCUT2D eigenvalue weighted by atomic mass is 9.92. The molecule has 1 aromatic heterocycles. The van der Waals surface area contributed by atoms with Crippen LogP contribution < -0.4 is 5.32 Å². The molecule has 0 saturated carbocycles. The van der Waals surface area contributed by atoms with Crippen LogP contribution in [0.1, 0.15) is 47.2 Å². The lowest BCUT2D eigenvalue weighted by molar-refractivity contribution is 0.160. The fourth-order valence-electron chi connectivity index (χ4n) is 3.74. The zero-order chi connectivity index (χ0) is 14.1. The monoisotopic (exact) mass is 295 g/mol. The van der Waals surface area contributed by atoms with Gasteiger partial charge in [-0.3, -0.25) is 0 Å². The predicted molar refractivity (Wildman–Crippen MR) is 82.1 cm³/mol. The van der Waals surface area contributed by atoms with Gasteiger partial charge in [0, 0.05) is 36.5 Å². The van der Waals surface area contributed by atoms with E-state index in [1.54, 1.807) is 7.11 Å². The highest BCUT2D eigenvalue weighted by atomic mass is 32.1. The first-order valence-corrected chi connectivity index (χ1v) is 8.38. The Bertz CT molecular complexity index is 424. The topological polar surface area (TPSA) is 37.4 Å². The number of ether oxygens (including phenoxy) is 1. The van der Waals surface area contributed by atoms with E-state index in [0.717, 1.165) is 24.3 Å². The molecule has 20 heavy (non-hydrogen) atoms. The van der Waals surface area contributed by atoms with Crippen molar-refractivity contribution < 1.29 is 4.74 Å². The number of nitrogens with one attached hydrogen (secondary N) is 1. The number of fused-ring (bicyclic) bond motifs is 2.